The average molecular weight is 252 g/mol. The molecule has 0 aliphatic rings. The Labute approximate surface area is 110 Å². The molecule has 3 aromatic rings. The van der Waals surface area contributed by atoms with Gasteiger partial charge in [0.25, 0.3) is 0 Å². The first-order chi connectivity index (χ1) is 9.29. The van der Waals surface area contributed by atoms with Crippen LogP contribution in [0, 0.1) is 0 Å². The maximum atomic E-state index is 11.4. The minimum absolute atomic E-state index is 0.331. The maximum absolute atomic E-state index is 11.4. The van der Waals surface area contributed by atoms with Crippen LogP contribution in [-0.4, -0.2) is 22.6 Å². The van der Waals surface area contributed by atoms with Crippen molar-refractivity contribution in [1.82, 2.24) is 9.55 Å². The zero-order valence-corrected chi connectivity index (χ0v) is 10.4. The second-order valence-corrected chi connectivity index (χ2v) is 4.14. The molecule has 0 amide bonds. The van der Waals surface area contributed by atoms with Crippen LogP contribution in [0.3, 0.4) is 0 Å². The number of ether oxygens (including phenoxy) is 1. The molecule has 1 heterocycles. The van der Waals surface area contributed by atoms with Crippen molar-refractivity contribution in [2.24, 2.45) is 0 Å². The number of esters is 1. The molecule has 0 unspecified atom stereocenters. The molecule has 0 aliphatic heterocycles. The Hall–Kier alpha value is -2.62. The molecule has 4 nitrogen and oxygen atoms in total. The molecule has 0 saturated heterocycles. The van der Waals surface area contributed by atoms with Crippen molar-refractivity contribution in [1.29, 1.82) is 0 Å². The van der Waals surface area contributed by atoms with Gasteiger partial charge in [0.2, 0.25) is 0 Å². The van der Waals surface area contributed by atoms with Gasteiger partial charge in [-0.15, -0.1) is 0 Å². The summed E-state index contributed by atoms with van der Waals surface area (Å²) in [6.45, 7) is 0. The number of nitrogens with zero attached hydrogens (tertiary/aromatic N) is 2. The minimum Gasteiger partial charge on any atom is -0.465 e. The third-order valence-corrected chi connectivity index (χ3v) is 3.02. The van der Waals surface area contributed by atoms with Crippen LogP contribution in [-0.2, 0) is 4.74 Å². The highest BCUT2D eigenvalue weighted by Gasteiger charge is 2.07. The molecule has 0 bridgehead atoms. The van der Waals surface area contributed by atoms with Crippen molar-refractivity contribution in [3.8, 4) is 5.69 Å². The quantitative estimate of drug-likeness (QED) is 0.659. The van der Waals surface area contributed by atoms with Gasteiger partial charge in [0.05, 0.1) is 23.7 Å². The zero-order chi connectivity index (χ0) is 13.2. The van der Waals surface area contributed by atoms with E-state index >= 15 is 0 Å². The summed E-state index contributed by atoms with van der Waals surface area (Å²) in [6.07, 6.45) is 1.78. The lowest BCUT2D eigenvalue weighted by molar-refractivity contribution is 0.0601. The third-order valence-electron chi connectivity index (χ3n) is 3.02. The molecule has 0 radical (unpaired) electrons. The summed E-state index contributed by atoms with van der Waals surface area (Å²) in [5.74, 6) is -0.331. The molecule has 3 rings (SSSR count). The zero-order valence-electron chi connectivity index (χ0n) is 10.4. The van der Waals surface area contributed by atoms with Crippen molar-refractivity contribution < 1.29 is 9.53 Å². The van der Waals surface area contributed by atoms with E-state index in [4.69, 9.17) is 0 Å². The van der Waals surface area contributed by atoms with Crippen LogP contribution >= 0.6 is 0 Å². The van der Waals surface area contributed by atoms with E-state index in [2.05, 4.69) is 9.72 Å². The number of para-hydroxylation sites is 2. The van der Waals surface area contributed by atoms with Crippen LogP contribution in [0.5, 0.6) is 0 Å². The first kappa shape index (κ1) is 11.5. The number of aromatic nitrogens is 2. The maximum Gasteiger partial charge on any atom is 0.337 e. The molecule has 1 aromatic heterocycles. The van der Waals surface area contributed by atoms with E-state index in [1.807, 2.05) is 41.0 Å². The monoisotopic (exact) mass is 252 g/mol. The van der Waals surface area contributed by atoms with Gasteiger partial charge >= 0.3 is 5.97 Å². The highest BCUT2D eigenvalue weighted by molar-refractivity contribution is 5.89. The lowest BCUT2D eigenvalue weighted by Crippen LogP contribution is -2.01. The Balaban J connectivity index is 2.05. The Morgan fingerprint density at radius 1 is 1.11 bits per heavy atom. The molecule has 4 heteroatoms. The molecule has 0 atom stereocenters. The summed E-state index contributed by atoms with van der Waals surface area (Å²) >= 11 is 0. The van der Waals surface area contributed by atoms with E-state index < -0.39 is 0 Å². The van der Waals surface area contributed by atoms with Crippen molar-refractivity contribution in [3.05, 3.63) is 60.4 Å². The number of carbonyl (C=O) groups is 1. The van der Waals surface area contributed by atoms with Crippen LogP contribution in [0.15, 0.2) is 54.9 Å². The van der Waals surface area contributed by atoms with Gasteiger partial charge in [0.1, 0.15) is 6.33 Å². The second kappa shape index (κ2) is 4.57. The number of methoxy groups -OCH3 is 1. The number of fused-ring (bicyclic) bond motifs is 1. The predicted molar refractivity (Wildman–Crippen MR) is 72.4 cm³/mol. The average Bonchev–Trinajstić information content (AvgIpc) is 2.90. The van der Waals surface area contributed by atoms with E-state index in [0.717, 1.165) is 16.7 Å². The van der Waals surface area contributed by atoms with Gasteiger partial charge in [-0.1, -0.05) is 12.1 Å². The summed E-state index contributed by atoms with van der Waals surface area (Å²) in [4.78, 5) is 15.7. The summed E-state index contributed by atoms with van der Waals surface area (Å²) in [7, 11) is 1.37. The fourth-order valence-corrected chi connectivity index (χ4v) is 2.04. The minimum atomic E-state index is -0.331. The van der Waals surface area contributed by atoms with Gasteiger partial charge in [0, 0.05) is 5.69 Å². The van der Waals surface area contributed by atoms with Crippen LogP contribution < -0.4 is 0 Å². The van der Waals surface area contributed by atoms with Gasteiger partial charge in [-0.25, -0.2) is 9.78 Å². The molecule has 0 fully saturated rings. The molecule has 2 aromatic carbocycles. The first-order valence-corrected chi connectivity index (χ1v) is 5.90. The molecule has 0 aliphatic carbocycles. The normalized spacial score (nSPS) is 10.6. The molecular formula is C15H12N2O2. The molecule has 94 valence electrons. The van der Waals surface area contributed by atoms with Gasteiger partial charge < -0.3 is 4.74 Å². The van der Waals surface area contributed by atoms with Crippen LogP contribution in [0.2, 0.25) is 0 Å². The fraction of sp³-hybridized carbons (Fsp3) is 0.0667. The first-order valence-electron chi connectivity index (χ1n) is 5.90. The Morgan fingerprint density at radius 2 is 1.84 bits per heavy atom. The largest absolute Gasteiger partial charge is 0.465 e. The number of hydrogen-bond donors (Lipinski definition) is 0. The molecule has 0 saturated carbocycles. The summed E-state index contributed by atoms with van der Waals surface area (Å²) in [5, 5.41) is 0. The van der Waals surface area contributed by atoms with Gasteiger partial charge in [-0.05, 0) is 36.4 Å². The second-order valence-electron chi connectivity index (χ2n) is 4.14. The number of imidazole rings is 1. The molecule has 0 spiro atoms. The Morgan fingerprint density at radius 3 is 2.58 bits per heavy atom. The highest BCUT2D eigenvalue weighted by Crippen LogP contribution is 2.18. The summed E-state index contributed by atoms with van der Waals surface area (Å²) in [5.41, 5.74) is 3.48. The SMILES string of the molecule is COC(=O)c1ccc(-n2cnc3ccccc32)cc1. The van der Waals surface area contributed by atoms with Gasteiger partial charge in [-0.2, -0.15) is 0 Å². The Bertz CT molecular complexity index is 729. The number of rotatable bonds is 2. The van der Waals surface area contributed by atoms with E-state index in [1.165, 1.54) is 7.11 Å². The third kappa shape index (κ3) is 1.97. The Kier molecular flexibility index (Phi) is 2.76. The van der Waals surface area contributed by atoms with Crippen molar-refractivity contribution in [2.45, 2.75) is 0 Å². The molecular weight excluding hydrogens is 240 g/mol. The standard InChI is InChI=1S/C15H12N2O2/c1-19-15(18)11-6-8-12(9-7-11)17-10-16-13-4-2-3-5-14(13)17/h2-10H,1H3. The number of benzene rings is 2. The fourth-order valence-electron chi connectivity index (χ4n) is 2.04. The molecule has 19 heavy (non-hydrogen) atoms. The number of hydrogen-bond acceptors (Lipinski definition) is 3. The van der Waals surface area contributed by atoms with Crippen LogP contribution in [0.1, 0.15) is 10.4 Å². The van der Waals surface area contributed by atoms with E-state index in [1.54, 1.807) is 18.5 Å². The predicted octanol–water partition coefficient (Wildman–Crippen LogP) is 2.81. The smallest absolute Gasteiger partial charge is 0.337 e. The molecule has 0 N–H and O–H groups in total. The van der Waals surface area contributed by atoms with E-state index in [0.29, 0.717) is 5.56 Å². The number of carbonyl (C=O) groups excluding carboxylic acids is 1. The summed E-state index contributed by atoms with van der Waals surface area (Å²) in [6, 6.07) is 15.2. The summed E-state index contributed by atoms with van der Waals surface area (Å²) < 4.78 is 6.66. The lowest BCUT2D eigenvalue weighted by atomic mass is 10.2. The van der Waals surface area contributed by atoms with Crippen molar-refractivity contribution in [2.75, 3.05) is 7.11 Å². The lowest BCUT2D eigenvalue weighted by Gasteiger charge is -2.05. The van der Waals surface area contributed by atoms with Crippen molar-refractivity contribution >= 4 is 17.0 Å². The van der Waals surface area contributed by atoms with Gasteiger partial charge in [0.15, 0.2) is 0 Å². The van der Waals surface area contributed by atoms with Crippen LogP contribution in [0.25, 0.3) is 16.7 Å². The van der Waals surface area contributed by atoms with Crippen molar-refractivity contribution in [3.63, 3.8) is 0 Å². The van der Waals surface area contributed by atoms with E-state index in [-0.39, 0.29) is 5.97 Å². The van der Waals surface area contributed by atoms with E-state index in [9.17, 15) is 4.79 Å². The highest BCUT2D eigenvalue weighted by atomic mass is 16.5. The van der Waals surface area contributed by atoms with Gasteiger partial charge in [-0.3, -0.25) is 4.57 Å². The van der Waals surface area contributed by atoms with Crippen LogP contribution in [0.4, 0.5) is 0 Å². The topological polar surface area (TPSA) is 44.1 Å².